The van der Waals surface area contributed by atoms with Crippen molar-refractivity contribution in [1.82, 2.24) is 30.7 Å². The first kappa shape index (κ1) is 55.9. The molecule has 1 heterocycles. The second-order valence-electron chi connectivity index (χ2n) is 19.3. The van der Waals surface area contributed by atoms with E-state index in [-0.39, 0.29) is 54.4 Å². The van der Waals surface area contributed by atoms with Crippen molar-refractivity contribution in [2.45, 2.75) is 162 Å². The standard InChI is InChI=1S/C48H82N6O10/c1-17-31(6)41(53(13)45(58)39(29(2)3)51-44(57)40(30(4)5)52(12)28-32(7)49-47(60)64-48(9,10)11)37(61-14)27-38(55)54-25-21-24-36(54)42(62-15)33(8)43(56)50-35(46(59)63-16)26-34-22-19-18-20-23-34/h18-20,22-23,29-33,35-37,39-42H,17,21,24-28H2,1-16H3,(H,49,60)(H,50,56)(H,51,57)/t31-,32+,33+,35-,36-,37+,39-,40-,41-,42+/m0/s1. The van der Waals surface area contributed by atoms with Crippen molar-refractivity contribution in [2.75, 3.05) is 48.5 Å². The molecule has 10 atom stereocenters. The second kappa shape index (κ2) is 26.0. The summed E-state index contributed by atoms with van der Waals surface area (Å²) in [4.78, 5) is 87.2. The van der Waals surface area contributed by atoms with Crippen LogP contribution >= 0.6 is 0 Å². The molecule has 0 aliphatic carbocycles. The molecule has 16 heteroatoms. The first-order chi connectivity index (χ1) is 29.9. The number of benzene rings is 1. The Morgan fingerprint density at radius 3 is 1.98 bits per heavy atom. The SMILES string of the molecule is CC[C@H](C)[C@@H]([C@@H](CC(=O)N1CCC[C@H]1[C@H](OC)[C@@H](C)C(=O)N[C@@H](Cc1ccccc1)C(=O)OC)OC)N(C)C(=O)[C@@H](NC(=O)[C@H](C(C)C)N(C)C[C@@H](C)NC(=O)OC(C)(C)C)C(C)C. The number of hydrogen-bond acceptors (Lipinski definition) is 11. The molecule has 16 nitrogen and oxygen atoms in total. The minimum atomic E-state index is -0.911. The topological polar surface area (TPSA) is 185 Å². The first-order valence-corrected chi connectivity index (χ1v) is 23.0. The van der Waals surface area contributed by atoms with Crippen molar-refractivity contribution in [2.24, 2.45) is 23.7 Å². The molecule has 364 valence electrons. The lowest BCUT2D eigenvalue weighted by Gasteiger charge is -2.41. The molecule has 5 amide bonds. The van der Waals surface area contributed by atoms with E-state index in [2.05, 4.69) is 16.0 Å². The van der Waals surface area contributed by atoms with Crippen LogP contribution in [0, 0.1) is 23.7 Å². The molecular weight excluding hydrogens is 821 g/mol. The van der Waals surface area contributed by atoms with Gasteiger partial charge in [-0.3, -0.25) is 24.1 Å². The van der Waals surface area contributed by atoms with Crippen LogP contribution in [-0.2, 0) is 49.3 Å². The molecular formula is C48H82N6O10. The number of likely N-dealkylation sites (tertiary alicyclic amines) is 1. The third-order valence-electron chi connectivity index (χ3n) is 12.3. The highest BCUT2D eigenvalue weighted by Gasteiger charge is 2.44. The quantitative estimate of drug-likeness (QED) is 0.121. The third kappa shape index (κ3) is 16.3. The lowest BCUT2D eigenvalue weighted by Crippen LogP contribution is -2.60. The molecule has 2 rings (SSSR count). The van der Waals surface area contributed by atoms with Crippen LogP contribution in [0.3, 0.4) is 0 Å². The molecule has 1 aromatic rings. The van der Waals surface area contributed by atoms with E-state index in [1.807, 2.05) is 90.7 Å². The van der Waals surface area contributed by atoms with Crippen molar-refractivity contribution >= 4 is 35.7 Å². The lowest BCUT2D eigenvalue weighted by molar-refractivity contribution is -0.149. The molecule has 64 heavy (non-hydrogen) atoms. The van der Waals surface area contributed by atoms with Gasteiger partial charge in [0.1, 0.15) is 17.7 Å². The third-order valence-corrected chi connectivity index (χ3v) is 12.3. The molecule has 0 aromatic heterocycles. The predicted octanol–water partition coefficient (Wildman–Crippen LogP) is 4.82. The van der Waals surface area contributed by atoms with Gasteiger partial charge in [0.2, 0.25) is 23.6 Å². The van der Waals surface area contributed by atoms with E-state index in [1.54, 1.807) is 44.5 Å². The maximum absolute atomic E-state index is 14.6. The maximum atomic E-state index is 14.6. The molecule has 0 bridgehead atoms. The van der Waals surface area contributed by atoms with Gasteiger partial charge in [-0.05, 0) is 70.9 Å². The van der Waals surface area contributed by atoms with Crippen molar-refractivity contribution in [3.05, 3.63) is 35.9 Å². The summed E-state index contributed by atoms with van der Waals surface area (Å²) < 4.78 is 22.4. The highest BCUT2D eigenvalue weighted by atomic mass is 16.6. The Morgan fingerprint density at radius 1 is 0.844 bits per heavy atom. The van der Waals surface area contributed by atoms with Crippen LogP contribution in [0.15, 0.2) is 30.3 Å². The van der Waals surface area contributed by atoms with Gasteiger partial charge in [-0.1, -0.05) is 85.2 Å². The monoisotopic (exact) mass is 903 g/mol. The van der Waals surface area contributed by atoms with Gasteiger partial charge in [-0.15, -0.1) is 0 Å². The van der Waals surface area contributed by atoms with E-state index < -0.39 is 71.9 Å². The van der Waals surface area contributed by atoms with Gasteiger partial charge in [-0.2, -0.15) is 0 Å². The number of alkyl carbamates (subject to hydrolysis) is 1. The summed E-state index contributed by atoms with van der Waals surface area (Å²) >= 11 is 0. The number of carbonyl (C=O) groups excluding carboxylic acids is 6. The normalized spacial score (nSPS) is 18.5. The summed E-state index contributed by atoms with van der Waals surface area (Å²) in [5.74, 6) is -2.99. The van der Waals surface area contributed by atoms with Gasteiger partial charge < -0.3 is 44.7 Å². The highest BCUT2D eigenvalue weighted by molar-refractivity contribution is 5.90. The molecule has 0 saturated carbocycles. The van der Waals surface area contributed by atoms with Crippen molar-refractivity contribution < 1.29 is 47.7 Å². The van der Waals surface area contributed by atoms with Gasteiger partial charge in [0.05, 0.1) is 49.8 Å². The van der Waals surface area contributed by atoms with E-state index in [1.165, 1.54) is 21.3 Å². The van der Waals surface area contributed by atoms with E-state index in [9.17, 15) is 28.8 Å². The summed E-state index contributed by atoms with van der Waals surface area (Å²) in [5.41, 5.74) is 0.213. The van der Waals surface area contributed by atoms with Crippen LogP contribution in [0.5, 0.6) is 0 Å². The number of methoxy groups -OCH3 is 3. The van der Waals surface area contributed by atoms with E-state index in [0.29, 0.717) is 32.4 Å². The van der Waals surface area contributed by atoms with Gasteiger partial charge in [0.15, 0.2) is 0 Å². The molecule has 0 radical (unpaired) electrons. The Kier molecular flexibility index (Phi) is 22.7. The number of hydrogen-bond donors (Lipinski definition) is 3. The van der Waals surface area contributed by atoms with Crippen LogP contribution in [-0.4, -0.2) is 153 Å². The van der Waals surface area contributed by atoms with Crippen LogP contribution in [0.25, 0.3) is 0 Å². The maximum Gasteiger partial charge on any atom is 0.407 e. The summed E-state index contributed by atoms with van der Waals surface area (Å²) in [5, 5.41) is 8.76. The van der Waals surface area contributed by atoms with Gasteiger partial charge >= 0.3 is 12.1 Å². The second-order valence-corrected chi connectivity index (χ2v) is 19.3. The molecule has 1 fully saturated rings. The fraction of sp³-hybridized carbons (Fsp3) is 0.750. The van der Waals surface area contributed by atoms with Crippen LogP contribution in [0.1, 0.15) is 107 Å². The van der Waals surface area contributed by atoms with Gasteiger partial charge in [0, 0.05) is 46.8 Å². The molecule has 1 aromatic carbocycles. The fourth-order valence-corrected chi connectivity index (χ4v) is 8.88. The molecule has 1 aliphatic heterocycles. The number of ether oxygens (including phenoxy) is 4. The molecule has 0 unspecified atom stereocenters. The highest BCUT2D eigenvalue weighted by Crippen LogP contribution is 2.30. The number of amides is 5. The zero-order valence-corrected chi connectivity index (χ0v) is 41.7. The Bertz CT molecular complexity index is 1650. The van der Waals surface area contributed by atoms with Crippen LogP contribution in [0.4, 0.5) is 4.79 Å². The fourth-order valence-electron chi connectivity index (χ4n) is 8.88. The van der Waals surface area contributed by atoms with E-state index in [4.69, 9.17) is 18.9 Å². The van der Waals surface area contributed by atoms with Crippen molar-refractivity contribution in [3.63, 3.8) is 0 Å². The average Bonchev–Trinajstić information content (AvgIpc) is 3.70. The van der Waals surface area contributed by atoms with Crippen molar-refractivity contribution in [1.29, 1.82) is 0 Å². The summed E-state index contributed by atoms with van der Waals surface area (Å²) in [7, 11) is 7.85. The summed E-state index contributed by atoms with van der Waals surface area (Å²) in [6, 6.07) is 5.66. The number of nitrogens with one attached hydrogen (secondary N) is 3. The first-order valence-electron chi connectivity index (χ1n) is 23.0. The van der Waals surface area contributed by atoms with Gasteiger partial charge in [0.25, 0.3) is 0 Å². The molecule has 1 aliphatic rings. The van der Waals surface area contributed by atoms with Crippen LogP contribution < -0.4 is 16.0 Å². The van der Waals surface area contributed by atoms with Gasteiger partial charge in [-0.25, -0.2) is 9.59 Å². The minimum Gasteiger partial charge on any atom is -0.467 e. The number of carbonyl (C=O) groups is 6. The van der Waals surface area contributed by atoms with Crippen LogP contribution in [0.2, 0.25) is 0 Å². The molecule has 0 spiro atoms. The minimum absolute atomic E-state index is 0.0352. The van der Waals surface area contributed by atoms with E-state index in [0.717, 1.165) is 5.56 Å². The Hall–Kier alpha value is -4.28. The lowest BCUT2D eigenvalue weighted by atomic mass is 9.89. The number of likely N-dealkylation sites (N-methyl/N-ethyl adjacent to an activating group) is 2. The number of nitrogens with zero attached hydrogens (tertiary/aromatic N) is 3. The predicted molar refractivity (Wildman–Crippen MR) is 247 cm³/mol. The Morgan fingerprint density at radius 2 is 1.47 bits per heavy atom. The number of esters is 1. The van der Waals surface area contributed by atoms with E-state index >= 15 is 0 Å². The number of rotatable bonds is 24. The Balaban J connectivity index is 2.28. The zero-order valence-electron chi connectivity index (χ0n) is 41.7. The Labute approximate surface area is 383 Å². The smallest absolute Gasteiger partial charge is 0.407 e. The molecule has 1 saturated heterocycles. The zero-order chi connectivity index (χ0) is 48.6. The summed E-state index contributed by atoms with van der Waals surface area (Å²) in [6.07, 6.45) is 0.300. The average molecular weight is 903 g/mol. The molecule has 3 N–H and O–H groups in total. The summed E-state index contributed by atoms with van der Waals surface area (Å²) in [6.45, 7) is 21.4. The van der Waals surface area contributed by atoms with Crippen molar-refractivity contribution in [3.8, 4) is 0 Å². The largest absolute Gasteiger partial charge is 0.467 e.